The molecule has 20 heavy (non-hydrogen) atoms. The number of rotatable bonds is 3. The molecule has 1 aliphatic rings. The maximum absolute atomic E-state index is 11.6. The highest BCUT2D eigenvalue weighted by atomic mass is 16.7. The average Bonchev–Trinajstić information content (AvgIpc) is 2.76. The normalized spacial score (nSPS) is 22.8. The van der Waals surface area contributed by atoms with Gasteiger partial charge in [0.05, 0.1) is 6.54 Å². The fourth-order valence-corrected chi connectivity index (χ4v) is 2.41. The van der Waals surface area contributed by atoms with Gasteiger partial charge in [-0.15, -0.1) is 5.06 Å². The molecule has 0 amide bonds. The molecule has 0 unspecified atom stereocenters. The molecule has 0 spiro atoms. The maximum Gasteiger partial charge on any atom is 0.355 e. The second-order valence-electron chi connectivity index (χ2n) is 4.77. The van der Waals surface area contributed by atoms with Crippen LogP contribution in [0.4, 0.5) is 0 Å². The fourth-order valence-electron chi connectivity index (χ4n) is 2.41. The lowest BCUT2D eigenvalue weighted by Crippen LogP contribution is -2.26. The van der Waals surface area contributed by atoms with E-state index < -0.39 is 18.1 Å². The van der Waals surface area contributed by atoms with Crippen molar-refractivity contribution in [3.63, 3.8) is 0 Å². The molecule has 0 saturated carbocycles. The van der Waals surface area contributed by atoms with Crippen molar-refractivity contribution >= 4 is 5.97 Å². The van der Waals surface area contributed by atoms with Crippen LogP contribution in [0.5, 0.6) is 0 Å². The average molecular weight is 269 g/mol. The maximum atomic E-state index is 11.6. The third kappa shape index (κ3) is 2.43. The zero-order chi connectivity index (χ0) is 13.9. The van der Waals surface area contributed by atoms with Crippen LogP contribution in [0.2, 0.25) is 0 Å². The van der Waals surface area contributed by atoms with Crippen LogP contribution in [0, 0.1) is 0 Å². The van der Waals surface area contributed by atoms with Crippen molar-refractivity contribution in [3.05, 3.63) is 71.8 Å². The lowest BCUT2D eigenvalue weighted by atomic mass is 10.0. The number of aliphatic hydroxyl groups excluding tert-OH is 1. The van der Waals surface area contributed by atoms with Gasteiger partial charge in [-0.1, -0.05) is 60.7 Å². The van der Waals surface area contributed by atoms with Crippen LogP contribution >= 0.6 is 0 Å². The van der Waals surface area contributed by atoms with Gasteiger partial charge in [0.25, 0.3) is 0 Å². The Bertz CT molecular complexity index is 585. The molecule has 0 radical (unpaired) electrons. The zero-order valence-electron chi connectivity index (χ0n) is 10.8. The van der Waals surface area contributed by atoms with Gasteiger partial charge in [-0.05, 0) is 11.1 Å². The zero-order valence-corrected chi connectivity index (χ0v) is 10.8. The summed E-state index contributed by atoms with van der Waals surface area (Å²) in [7, 11) is 0. The minimum absolute atomic E-state index is 0.448. The van der Waals surface area contributed by atoms with E-state index >= 15 is 0 Å². The molecule has 4 nitrogen and oxygen atoms in total. The van der Waals surface area contributed by atoms with E-state index in [1.54, 1.807) is 0 Å². The molecule has 3 rings (SSSR count). The Balaban J connectivity index is 1.87. The Morgan fingerprint density at radius 3 is 2.25 bits per heavy atom. The second kappa shape index (κ2) is 5.45. The van der Waals surface area contributed by atoms with Crippen LogP contribution in [0.3, 0.4) is 0 Å². The smallest absolute Gasteiger partial charge is 0.355 e. The molecule has 2 aromatic carbocycles. The van der Waals surface area contributed by atoms with Crippen molar-refractivity contribution in [2.24, 2.45) is 0 Å². The fraction of sp³-hybridized carbons (Fsp3) is 0.188. The van der Waals surface area contributed by atoms with E-state index in [2.05, 4.69) is 0 Å². The molecule has 0 bridgehead atoms. The first-order chi connectivity index (χ1) is 9.75. The topological polar surface area (TPSA) is 49.8 Å². The Labute approximate surface area is 117 Å². The minimum atomic E-state index is -1.15. The number of hydrogen-bond donors (Lipinski definition) is 1. The van der Waals surface area contributed by atoms with Gasteiger partial charge in [0.2, 0.25) is 0 Å². The Morgan fingerprint density at radius 1 is 1.00 bits per heavy atom. The van der Waals surface area contributed by atoms with Crippen molar-refractivity contribution in [2.45, 2.75) is 18.7 Å². The number of aliphatic hydroxyl groups is 1. The van der Waals surface area contributed by atoms with Crippen LogP contribution in [0.15, 0.2) is 60.7 Å². The molecular weight excluding hydrogens is 254 g/mol. The number of carbonyl (C=O) groups is 1. The van der Waals surface area contributed by atoms with Crippen LogP contribution in [-0.4, -0.2) is 22.2 Å². The molecule has 0 aliphatic carbocycles. The Hall–Kier alpha value is -2.17. The first-order valence-electron chi connectivity index (χ1n) is 6.51. The lowest BCUT2D eigenvalue weighted by Gasteiger charge is -2.22. The highest BCUT2D eigenvalue weighted by Gasteiger charge is 2.43. The first-order valence-corrected chi connectivity index (χ1v) is 6.51. The first kappa shape index (κ1) is 12.8. The highest BCUT2D eigenvalue weighted by Crippen LogP contribution is 2.32. The number of nitrogens with zero attached hydrogens (tertiary/aromatic N) is 1. The van der Waals surface area contributed by atoms with E-state index in [4.69, 9.17) is 4.84 Å². The third-order valence-electron chi connectivity index (χ3n) is 3.38. The van der Waals surface area contributed by atoms with Gasteiger partial charge >= 0.3 is 5.97 Å². The Kier molecular flexibility index (Phi) is 3.50. The van der Waals surface area contributed by atoms with Gasteiger partial charge in [0.1, 0.15) is 6.04 Å². The molecular formula is C16H15NO3. The standard InChI is InChI=1S/C16H15NO3/c18-15-14(13-9-5-2-6-10-13)17(20-16(15)19)11-12-7-3-1-4-8-12/h1-10,14-15,18H,11H2/t14-,15-/m1/s1. The lowest BCUT2D eigenvalue weighted by molar-refractivity contribution is -0.179. The molecule has 1 heterocycles. The summed E-state index contributed by atoms with van der Waals surface area (Å²) in [5, 5.41) is 11.6. The monoisotopic (exact) mass is 269 g/mol. The van der Waals surface area contributed by atoms with E-state index in [9.17, 15) is 9.90 Å². The quantitative estimate of drug-likeness (QED) is 0.926. The summed E-state index contributed by atoms with van der Waals surface area (Å²) in [5.41, 5.74) is 1.89. The van der Waals surface area contributed by atoms with Crippen molar-refractivity contribution in [3.8, 4) is 0 Å². The van der Waals surface area contributed by atoms with E-state index in [0.717, 1.165) is 11.1 Å². The number of hydrogen-bond acceptors (Lipinski definition) is 4. The number of carbonyl (C=O) groups excluding carboxylic acids is 1. The summed E-state index contributed by atoms with van der Waals surface area (Å²) in [6, 6.07) is 18.7. The van der Waals surface area contributed by atoms with Gasteiger partial charge in [-0.3, -0.25) is 0 Å². The third-order valence-corrected chi connectivity index (χ3v) is 3.38. The molecule has 1 N–H and O–H groups in total. The molecule has 1 aliphatic heterocycles. The number of benzene rings is 2. The van der Waals surface area contributed by atoms with E-state index in [-0.39, 0.29) is 0 Å². The van der Waals surface area contributed by atoms with Gasteiger partial charge < -0.3 is 9.94 Å². The summed E-state index contributed by atoms with van der Waals surface area (Å²) in [5.74, 6) is -0.602. The van der Waals surface area contributed by atoms with Crippen LogP contribution in [0.1, 0.15) is 17.2 Å². The molecule has 1 fully saturated rings. The molecule has 2 aromatic rings. The molecule has 102 valence electrons. The van der Waals surface area contributed by atoms with Gasteiger partial charge in [0.15, 0.2) is 6.10 Å². The summed E-state index contributed by atoms with van der Waals surface area (Å²) in [4.78, 5) is 16.8. The van der Waals surface area contributed by atoms with Crippen LogP contribution in [0.25, 0.3) is 0 Å². The van der Waals surface area contributed by atoms with Gasteiger partial charge in [-0.25, -0.2) is 4.79 Å². The SMILES string of the molecule is O=C1ON(Cc2ccccc2)[C@H](c2ccccc2)[C@H]1O. The van der Waals surface area contributed by atoms with Crippen LogP contribution in [-0.2, 0) is 16.2 Å². The van der Waals surface area contributed by atoms with Gasteiger partial charge in [0, 0.05) is 0 Å². The minimum Gasteiger partial charge on any atom is -0.379 e. The van der Waals surface area contributed by atoms with E-state index in [1.807, 2.05) is 60.7 Å². The molecule has 4 heteroatoms. The summed E-state index contributed by atoms with van der Waals surface area (Å²) >= 11 is 0. The summed E-state index contributed by atoms with van der Waals surface area (Å²) in [6.07, 6.45) is -1.15. The van der Waals surface area contributed by atoms with Crippen molar-refractivity contribution in [1.82, 2.24) is 5.06 Å². The number of hydroxylamine groups is 2. The molecule has 2 atom stereocenters. The molecule has 0 aromatic heterocycles. The summed E-state index contributed by atoms with van der Waals surface area (Å²) in [6.45, 7) is 0.448. The van der Waals surface area contributed by atoms with Gasteiger partial charge in [-0.2, -0.15) is 0 Å². The van der Waals surface area contributed by atoms with Crippen molar-refractivity contribution < 1.29 is 14.7 Å². The van der Waals surface area contributed by atoms with Crippen LogP contribution < -0.4 is 0 Å². The predicted octanol–water partition coefficient (Wildman–Crippen LogP) is 2.06. The highest BCUT2D eigenvalue weighted by molar-refractivity contribution is 5.77. The Morgan fingerprint density at radius 2 is 1.60 bits per heavy atom. The van der Waals surface area contributed by atoms with E-state index in [1.165, 1.54) is 5.06 Å². The van der Waals surface area contributed by atoms with Crippen molar-refractivity contribution in [1.29, 1.82) is 0 Å². The largest absolute Gasteiger partial charge is 0.379 e. The van der Waals surface area contributed by atoms with Crippen molar-refractivity contribution in [2.75, 3.05) is 0 Å². The molecule has 1 saturated heterocycles. The predicted molar refractivity (Wildman–Crippen MR) is 73.3 cm³/mol. The summed E-state index contributed by atoms with van der Waals surface area (Å²) < 4.78 is 0. The second-order valence-corrected chi connectivity index (χ2v) is 4.77. The van der Waals surface area contributed by atoms with E-state index in [0.29, 0.717) is 6.54 Å².